The van der Waals surface area contributed by atoms with E-state index in [1.165, 1.54) is 5.56 Å². The van der Waals surface area contributed by atoms with Gasteiger partial charge in [0.2, 0.25) is 5.95 Å². The molecule has 1 N–H and O–H groups in total. The third-order valence-electron chi connectivity index (χ3n) is 4.87. The molecule has 1 aliphatic heterocycles. The second-order valence-electron chi connectivity index (χ2n) is 6.87. The number of nitrogens with zero attached hydrogens (tertiary/aromatic N) is 5. The monoisotopic (exact) mass is 384 g/mol. The lowest BCUT2D eigenvalue weighted by Gasteiger charge is -2.31. The number of carbonyl (C=O) groups excluding carboxylic acids is 1. The lowest BCUT2D eigenvalue weighted by atomic mass is 10.1. The Balaban J connectivity index is 1.50. The average molecular weight is 384 g/mol. The molecular formula is C20H28N6O2. The number of aromatic nitrogens is 3. The predicted octanol–water partition coefficient (Wildman–Crippen LogP) is 2.58. The molecule has 3 heterocycles. The Kier molecular flexibility index (Phi) is 7.00. The molecule has 150 valence electrons. The molecule has 0 unspecified atom stereocenters. The number of anilines is 2. The molecular weight excluding hydrogens is 356 g/mol. The molecule has 0 aliphatic carbocycles. The van der Waals surface area contributed by atoms with Crippen molar-refractivity contribution < 1.29 is 9.53 Å². The molecule has 2 aromatic rings. The van der Waals surface area contributed by atoms with Crippen molar-refractivity contribution in [1.82, 2.24) is 19.9 Å². The van der Waals surface area contributed by atoms with E-state index in [9.17, 15) is 4.79 Å². The minimum absolute atomic E-state index is 0.227. The average Bonchev–Trinajstić information content (AvgIpc) is 2.73. The number of rotatable bonds is 7. The van der Waals surface area contributed by atoms with Crippen molar-refractivity contribution >= 4 is 17.9 Å². The van der Waals surface area contributed by atoms with E-state index < -0.39 is 0 Å². The van der Waals surface area contributed by atoms with Gasteiger partial charge in [-0.1, -0.05) is 0 Å². The van der Waals surface area contributed by atoms with Gasteiger partial charge in [-0.25, -0.2) is 9.78 Å². The smallest absolute Gasteiger partial charge is 0.409 e. The first kappa shape index (κ1) is 19.9. The van der Waals surface area contributed by atoms with Crippen molar-refractivity contribution in [2.24, 2.45) is 0 Å². The number of hydrogen-bond acceptors (Lipinski definition) is 7. The highest BCUT2D eigenvalue weighted by Gasteiger charge is 2.24. The van der Waals surface area contributed by atoms with Crippen molar-refractivity contribution in [2.45, 2.75) is 32.2 Å². The largest absolute Gasteiger partial charge is 0.450 e. The number of likely N-dealkylation sites (tertiary alicyclic amines) is 1. The van der Waals surface area contributed by atoms with Gasteiger partial charge in [0.15, 0.2) is 0 Å². The third-order valence-corrected chi connectivity index (χ3v) is 4.87. The molecule has 0 radical (unpaired) electrons. The topological polar surface area (TPSA) is 83.5 Å². The van der Waals surface area contributed by atoms with E-state index >= 15 is 0 Å². The first-order valence-electron chi connectivity index (χ1n) is 9.77. The van der Waals surface area contributed by atoms with Crippen molar-refractivity contribution in [3.63, 3.8) is 0 Å². The zero-order valence-corrected chi connectivity index (χ0v) is 16.5. The minimum atomic E-state index is -0.227. The summed E-state index contributed by atoms with van der Waals surface area (Å²) in [7, 11) is 2.03. The van der Waals surface area contributed by atoms with Crippen LogP contribution >= 0.6 is 0 Å². The van der Waals surface area contributed by atoms with E-state index in [-0.39, 0.29) is 12.1 Å². The van der Waals surface area contributed by atoms with E-state index in [0.29, 0.717) is 25.6 Å². The molecule has 1 fully saturated rings. The first-order valence-corrected chi connectivity index (χ1v) is 9.77. The van der Waals surface area contributed by atoms with Crippen molar-refractivity contribution in [1.29, 1.82) is 0 Å². The molecule has 1 aliphatic rings. The summed E-state index contributed by atoms with van der Waals surface area (Å²) >= 11 is 0. The number of carbonyl (C=O) groups is 1. The van der Waals surface area contributed by atoms with Crippen LogP contribution in [0.1, 0.15) is 25.3 Å². The maximum absolute atomic E-state index is 11.8. The van der Waals surface area contributed by atoms with Crippen LogP contribution in [-0.4, -0.2) is 65.3 Å². The van der Waals surface area contributed by atoms with Crippen LogP contribution in [0.3, 0.4) is 0 Å². The third kappa shape index (κ3) is 5.55. The summed E-state index contributed by atoms with van der Waals surface area (Å²) < 4.78 is 5.06. The Morgan fingerprint density at radius 3 is 2.71 bits per heavy atom. The highest BCUT2D eigenvalue weighted by molar-refractivity contribution is 5.67. The van der Waals surface area contributed by atoms with E-state index in [2.05, 4.69) is 25.2 Å². The summed E-state index contributed by atoms with van der Waals surface area (Å²) in [4.78, 5) is 28.7. The van der Waals surface area contributed by atoms with Gasteiger partial charge in [-0.3, -0.25) is 4.98 Å². The zero-order valence-electron chi connectivity index (χ0n) is 16.5. The summed E-state index contributed by atoms with van der Waals surface area (Å²) in [5, 5.41) is 3.41. The van der Waals surface area contributed by atoms with Crippen LogP contribution in [0.25, 0.3) is 0 Å². The van der Waals surface area contributed by atoms with Crippen LogP contribution in [0.5, 0.6) is 0 Å². The molecule has 2 aromatic heterocycles. The van der Waals surface area contributed by atoms with Crippen LogP contribution in [0, 0.1) is 0 Å². The van der Waals surface area contributed by atoms with Gasteiger partial charge in [-0.2, -0.15) is 4.98 Å². The zero-order chi connectivity index (χ0) is 19.8. The normalized spacial score (nSPS) is 14.6. The van der Waals surface area contributed by atoms with E-state index in [0.717, 1.165) is 31.6 Å². The number of hydrogen-bond donors (Lipinski definition) is 1. The van der Waals surface area contributed by atoms with Crippen molar-refractivity contribution in [2.75, 3.05) is 43.5 Å². The summed E-state index contributed by atoms with van der Waals surface area (Å²) in [5.41, 5.74) is 1.25. The summed E-state index contributed by atoms with van der Waals surface area (Å²) in [6.07, 6.45) is 7.81. The Morgan fingerprint density at radius 2 is 2.00 bits per heavy atom. The molecule has 1 saturated heterocycles. The summed E-state index contributed by atoms with van der Waals surface area (Å²) in [5.74, 6) is 1.51. The van der Waals surface area contributed by atoms with Crippen LogP contribution in [-0.2, 0) is 11.2 Å². The maximum Gasteiger partial charge on any atom is 0.409 e. The molecule has 0 bridgehead atoms. The van der Waals surface area contributed by atoms with Crippen molar-refractivity contribution in [3.8, 4) is 0 Å². The van der Waals surface area contributed by atoms with Crippen LogP contribution in [0.4, 0.5) is 16.6 Å². The van der Waals surface area contributed by atoms with Crippen LogP contribution in [0.15, 0.2) is 36.8 Å². The fourth-order valence-electron chi connectivity index (χ4n) is 3.20. The second-order valence-corrected chi connectivity index (χ2v) is 6.87. The van der Waals surface area contributed by atoms with E-state index in [1.807, 2.05) is 44.6 Å². The molecule has 1 amide bonds. The van der Waals surface area contributed by atoms with Crippen LogP contribution < -0.4 is 10.2 Å². The number of piperidine rings is 1. The second kappa shape index (κ2) is 9.87. The Hall–Kier alpha value is -2.90. The molecule has 8 nitrogen and oxygen atoms in total. The van der Waals surface area contributed by atoms with E-state index in [1.54, 1.807) is 11.1 Å². The first-order chi connectivity index (χ1) is 13.7. The number of nitrogens with one attached hydrogen (secondary N) is 1. The molecule has 0 atom stereocenters. The SMILES string of the molecule is CCOC(=O)N1CCC(Nc2nccc(N(C)CCc3ccncc3)n2)CC1. The fourth-order valence-corrected chi connectivity index (χ4v) is 3.20. The number of ether oxygens (including phenoxy) is 1. The number of pyridine rings is 1. The lowest BCUT2D eigenvalue weighted by Crippen LogP contribution is -2.42. The number of amides is 1. The molecule has 0 aromatic carbocycles. The van der Waals surface area contributed by atoms with Gasteiger partial charge in [0.05, 0.1) is 6.61 Å². The standard InChI is InChI=1S/C20H28N6O2/c1-3-28-20(27)26-14-8-17(9-15-26)23-19-22-12-6-18(24-19)25(2)13-7-16-4-10-21-11-5-16/h4-6,10-12,17H,3,7-9,13-15H2,1-2H3,(H,22,23,24). The lowest BCUT2D eigenvalue weighted by molar-refractivity contribution is 0.0983. The molecule has 0 spiro atoms. The summed E-state index contributed by atoms with van der Waals surface area (Å²) in [6, 6.07) is 6.23. The van der Waals surface area contributed by atoms with Crippen molar-refractivity contribution in [3.05, 3.63) is 42.4 Å². The fraction of sp³-hybridized carbons (Fsp3) is 0.500. The molecule has 28 heavy (non-hydrogen) atoms. The van der Waals surface area contributed by atoms with Gasteiger partial charge in [0, 0.05) is 51.3 Å². The summed E-state index contributed by atoms with van der Waals surface area (Å²) in [6.45, 7) is 4.46. The quantitative estimate of drug-likeness (QED) is 0.785. The van der Waals surface area contributed by atoms with E-state index in [4.69, 9.17) is 4.74 Å². The Labute approximate surface area is 166 Å². The van der Waals surface area contributed by atoms with Crippen LogP contribution in [0.2, 0.25) is 0 Å². The van der Waals surface area contributed by atoms with Gasteiger partial charge in [-0.05, 0) is 49.9 Å². The minimum Gasteiger partial charge on any atom is -0.450 e. The highest BCUT2D eigenvalue weighted by Crippen LogP contribution is 2.17. The van der Waals surface area contributed by atoms with Gasteiger partial charge in [0.25, 0.3) is 0 Å². The Morgan fingerprint density at radius 1 is 1.25 bits per heavy atom. The van der Waals surface area contributed by atoms with Gasteiger partial charge in [-0.15, -0.1) is 0 Å². The molecule has 0 saturated carbocycles. The maximum atomic E-state index is 11.8. The Bertz CT molecular complexity index is 749. The van der Waals surface area contributed by atoms with Gasteiger partial charge >= 0.3 is 6.09 Å². The van der Waals surface area contributed by atoms with Gasteiger partial charge < -0.3 is 19.9 Å². The van der Waals surface area contributed by atoms with Gasteiger partial charge in [0.1, 0.15) is 5.82 Å². The number of likely N-dealkylation sites (N-methyl/N-ethyl adjacent to an activating group) is 1. The predicted molar refractivity (Wildman–Crippen MR) is 108 cm³/mol. The molecule has 8 heteroatoms. The highest BCUT2D eigenvalue weighted by atomic mass is 16.6. The molecule has 3 rings (SSSR count).